The van der Waals surface area contributed by atoms with Gasteiger partial charge in [0.2, 0.25) is 0 Å². The largest absolute Gasteiger partial charge is 0.457 e. The normalized spacial score (nSPS) is 37.4. The number of ether oxygens (including phenoxy) is 3. The Hall–Kier alpha value is -2.68. The molecule has 4 saturated carbocycles. The minimum Gasteiger partial charge on any atom is -0.457 e. The number of pyridine rings is 1. The van der Waals surface area contributed by atoms with Gasteiger partial charge in [-0.05, 0) is 79.6 Å². The van der Waals surface area contributed by atoms with Gasteiger partial charge in [-0.15, -0.1) is 0 Å². The molecule has 8 nitrogen and oxygen atoms in total. The van der Waals surface area contributed by atoms with Gasteiger partial charge in [0.05, 0.1) is 24.5 Å². The SMILES string of the molecule is CO[C@@H](O[C@@H]1C[C@H]2[C@@H]3CCC4=CC(=O)C=C[C@]4(C)[C@H]3[C@@H](O)C[C@]2(C)[C@H]1C(=O)COC(=O)Cc1cccnc1)C1CCCCC1. The summed E-state index contributed by atoms with van der Waals surface area (Å²) in [6, 6.07) is 3.57. The molecule has 0 aromatic carbocycles. The predicted octanol–water partition coefficient (Wildman–Crippen LogP) is 5.18. The molecule has 1 aromatic rings. The number of aliphatic hydroxyl groups excluding tert-OH is 1. The fourth-order valence-corrected chi connectivity index (χ4v) is 9.93. The molecule has 9 atom stereocenters. The Balaban J connectivity index is 1.26. The number of rotatable bonds is 9. The lowest BCUT2D eigenvalue weighted by Crippen LogP contribution is -2.56. The summed E-state index contributed by atoms with van der Waals surface area (Å²) in [4.78, 5) is 43.2. The standard InChI is InChI=1S/C36H47NO7/c1-35-14-13-25(38)17-24(35)11-12-26-27-18-30(44-34(42-3)23-9-5-4-6-10-23)33(36(27,2)19-28(39)32(26)35)29(40)21-43-31(41)16-22-8-7-15-37-20-22/h7-8,13-15,17,20,23,26-28,30,32-34,39H,4-6,9-12,16,18-19,21H2,1-3H3/t26-,27-,28-,30+,32+,33-,34-,35-,36-/m0/s1. The van der Waals surface area contributed by atoms with Crippen molar-refractivity contribution in [2.75, 3.05) is 13.7 Å². The van der Waals surface area contributed by atoms with E-state index in [1.807, 2.05) is 6.08 Å². The third kappa shape index (κ3) is 5.74. The molecule has 6 rings (SSSR count). The third-order valence-electron chi connectivity index (χ3n) is 11.9. The van der Waals surface area contributed by atoms with Crippen LogP contribution in [0.2, 0.25) is 0 Å². The highest BCUT2D eigenvalue weighted by Gasteiger charge is 2.65. The monoisotopic (exact) mass is 605 g/mol. The molecular weight excluding hydrogens is 558 g/mol. The van der Waals surface area contributed by atoms with Gasteiger partial charge < -0.3 is 19.3 Å². The van der Waals surface area contributed by atoms with E-state index in [1.54, 1.807) is 43.8 Å². The quantitative estimate of drug-likeness (QED) is 0.303. The van der Waals surface area contributed by atoms with Crippen LogP contribution in [0.3, 0.4) is 0 Å². The summed E-state index contributed by atoms with van der Waals surface area (Å²) in [6.07, 6.45) is 15.7. The topological polar surface area (TPSA) is 112 Å². The van der Waals surface area contributed by atoms with Crippen LogP contribution in [0.1, 0.15) is 77.2 Å². The van der Waals surface area contributed by atoms with Gasteiger partial charge in [0.1, 0.15) is 6.61 Å². The number of hydrogen-bond donors (Lipinski definition) is 1. The first kappa shape index (κ1) is 31.3. The van der Waals surface area contributed by atoms with Gasteiger partial charge in [-0.3, -0.25) is 19.4 Å². The zero-order valence-electron chi connectivity index (χ0n) is 26.3. The van der Waals surface area contributed by atoms with E-state index in [4.69, 9.17) is 14.2 Å². The van der Waals surface area contributed by atoms with Gasteiger partial charge >= 0.3 is 5.97 Å². The van der Waals surface area contributed by atoms with E-state index in [0.29, 0.717) is 12.8 Å². The summed E-state index contributed by atoms with van der Waals surface area (Å²) >= 11 is 0. The number of carbonyl (C=O) groups excluding carboxylic acids is 3. The first-order valence-corrected chi connectivity index (χ1v) is 16.5. The van der Waals surface area contributed by atoms with Crippen molar-refractivity contribution >= 4 is 17.5 Å². The van der Waals surface area contributed by atoms with Crippen molar-refractivity contribution < 1.29 is 33.7 Å². The molecule has 0 bridgehead atoms. The summed E-state index contributed by atoms with van der Waals surface area (Å²) in [5.41, 5.74) is 0.905. The highest BCUT2D eigenvalue weighted by Crippen LogP contribution is 2.66. The van der Waals surface area contributed by atoms with E-state index in [0.717, 1.165) is 49.7 Å². The van der Waals surface area contributed by atoms with Crippen LogP contribution in [-0.4, -0.2) is 59.8 Å². The Morgan fingerprint density at radius 1 is 1.16 bits per heavy atom. The van der Waals surface area contributed by atoms with Crippen molar-refractivity contribution in [3.8, 4) is 0 Å². The minimum atomic E-state index is -0.647. The molecule has 0 saturated heterocycles. The number of allylic oxidation sites excluding steroid dienone is 4. The van der Waals surface area contributed by atoms with Gasteiger partial charge in [0.15, 0.2) is 17.9 Å². The van der Waals surface area contributed by atoms with Crippen LogP contribution in [0.5, 0.6) is 0 Å². The molecule has 1 aromatic heterocycles. The molecule has 5 aliphatic carbocycles. The molecule has 1 heterocycles. The lowest BCUT2D eigenvalue weighted by Gasteiger charge is -2.58. The summed E-state index contributed by atoms with van der Waals surface area (Å²) in [6.45, 7) is 3.96. The van der Waals surface area contributed by atoms with Crippen LogP contribution in [-0.2, 0) is 35.0 Å². The number of aliphatic hydroxyl groups is 1. The van der Waals surface area contributed by atoms with E-state index in [9.17, 15) is 19.5 Å². The maximum absolute atomic E-state index is 14.2. The zero-order valence-corrected chi connectivity index (χ0v) is 26.3. The summed E-state index contributed by atoms with van der Waals surface area (Å²) < 4.78 is 18.3. The zero-order chi connectivity index (χ0) is 31.1. The fraction of sp³-hybridized carbons (Fsp3) is 0.667. The summed E-state index contributed by atoms with van der Waals surface area (Å²) in [5.74, 6) is -0.626. The molecule has 44 heavy (non-hydrogen) atoms. The highest BCUT2D eigenvalue weighted by molar-refractivity contribution is 6.01. The number of hydrogen-bond acceptors (Lipinski definition) is 8. The molecule has 8 heteroatoms. The lowest BCUT2D eigenvalue weighted by atomic mass is 9.46. The maximum Gasteiger partial charge on any atom is 0.310 e. The number of aromatic nitrogens is 1. The van der Waals surface area contributed by atoms with E-state index in [2.05, 4.69) is 18.8 Å². The first-order valence-electron chi connectivity index (χ1n) is 16.5. The van der Waals surface area contributed by atoms with Crippen LogP contribution in [0, 0.1) is 40.4 Å². The number of esters is 1. The molecule has 0 aliphatic heterocycles. The molecule has 1 N–H and O–H groups in total. The minimum absolute atomic E-state index is 0.0115. The number of methoxy groups -OCH3 is 1. The second-order valence-corrected chi connectivity index (χ2v) is 14.4. The van der Waals surface area contributed by atoms with Crippen LogP contribution < -0.4 is 0 Å². The number of nitrogens with zero attached hydrogens (tertiary/aromatic N) is 1. The lowest BCUT2D eigenvalue weighted by molar-refractivity contribution is -0.200. The van der Waals surface area contributed by atoms with Crippen molar-refractivity contribution in [1.82, 2.24) is 4.98 Å². The average Bonchev–Trinajstić information content (AvgIpc) is 3.31. The molecule has 0 radical (unpaired) electrons. The van der Waals surface area contributed by atoms with Gasteiger partial charge in [0.25, 0.3) is 0 Å². The second-order valence-electron chi connectivity index (χ2n) is 14.4. The smallest absolute Gasteiger partial charge is 0.310 e. The Labute approximate surface area is 260 Å². The van der Waals surface area contributed by atoms with E-state index in [1.165, 1.54) is 6.42 Å². The Bertz CT molecular complexity index is 1300. The summed E-state index contributed by atoms with van der Waals surface area (Å²) in [7, 11) is 1.69. The van der Waals surface area contributed by atoms with Gasteiger partial charge in [-0.2, -0.15) is 0 Å². The molecule has 0 spiro atoms. The van der Waals surface area contributed by atoms with Crippen molar-refractivity contribution in [1.29, 1.82) is 0 Å². The number of fused-ring (bicyclic) bond motifs is 5. The number of Topliss-reactive ketones (excluding diaryl/α,β-unsaturated/α-hetero) is 1. The Morgan fingerprint density at radius 2 is 1.95 bits per heavy atom. The highest BCUT2D eigenvalue weighted by atomic mass is 16.7. The van der Waals surface area contributed by atoms with E-state index >= 15 is 0 Å². The molecule has 0 unspecified atom stereocenters. The van der Waals surface area contributed by atoms with E-state index < -0.39 is 41.2 Å². The molecule has 238 valence electrons. The van der Waals surface area contributed by atoms with Crippen LogP contribution in [0.4, 0.5) is 0 Å². The van der Waals surface area contributed by atoms with Crippen molar-refractivity contribution in [2.24, 2.45) is 40.4 Å². The van der Waals surface area contributed by atoms with Crippen molar-refractivity contribution in [3.05, 3.63) is 53.9 Å². The van der Waals surface area contributed by atoms with Crippen LogP contribution in [0.15, 0.2) is 48.3 Å². The van der Waals surface area contributed by atoms with Crippen LogP contribution in [0.25, 0.3) is 0 Å². The molecule has 5 aliphatic rings. The van der Waals surface area contributed by atoms with Gasteiger partial charge in [-0.1, -0.05) is 50.8 Å². The van der Waals surface area contributed by atoms with Crippen molar-refractivity contribution in [3.63, 3.8) is 0 Å². The van der Waals surface area contributed by atoms with Crippen LogP contribution >= 0.6 is 0 Å². The Kier molecular flexibility index (Phi) is 8.97. The molecular formula is C36H47NO7. The fourth-order valence-electron chi connectivity index (χ4n) is 9.93. The second kappa shape index (κ2) is 12.6. The molecule has 4 fully saturated rings. The molecule has 0 amide bonds. The average molecular weight is 606 g/mol. The first-order chi connectivity index (χ1) is 21.1. The number of carbonyl (C=O) groups is 3. The third-order valence-corrected chi connectivity index (χ3v) is 11.9. The van der Waals surface area contributed by atoms with Gasteiger partial charge in [0, 0.05) is 36.8 Å². The summed E-state index contributed by atoms with van der Waals surface area (Å²) in [5, 5.41) is 11.9. The van der Waals surface area contributed by atoms with Gasteiger partial charge in [-0.25, -0.2) is 0 Å². The number of ketones is 2. The Morgan fingerprint density at radius 3 is 2.68 bits per heavy atom. The maximum atomic E-state index is 14.2. The van der Waals surface area contributed by atoms with E-state index in [-0.39, 0.29) is 48.3 Å². The predicted molar refractivity (Wildman–Crippen MR) is 163 cm³/mol. The van der Waals surface area contributed by atoms with Crippen molar-refractivity contribution in [2.45, 2.75) is 96.6 Å².